The predicted molar refractivity (Wildman–Crippen MR) is 59.2 cm³/mol. The maximum Gasteiger partial charge on any atom is 0.0208 e. The molecule has 0 saturated carbocycles. The average molecular weight is 293 g/mol. The standard InChI is InChI=1S/C9H11Br2N/c1-6(12)4-7-5-8(10)2-3-9(7)11/h2-3,5-6H,4,12H2,1H3/t6-/m0/s1. The first-order valence-corrected chi connectivity index (χ1v) is 5.37. The van der Waals surface area contributed by atoms with Crippen molar-refractivity contribution in [1.29, 1.82) is 0 Å². The molecular formula is C9H11Br2N. The number of benzene rings is 1. The molecule has 0 radical (unpaired) electrons. The van der Waals surface area contributed by atoms with Gasteiger partial charge in [0.25, 0.3) is 0 Å². The minimum atomic E-state index is 0.204. The van der Waals surface area contributed by atoms with Crippen LogP contribution in [0.1, 0.15) is 12.5 Å². The Kier molecular flexibility index (Phi) is 3.75. The molecule has 0 aromatic heterocycles. The Hall–Kier alpha value is 0.140. The highest BCUT2D eigenvalue weighted by atomic mass is 79.9. The molecule has 0 heterocycles. The molecular weight excluding hydrogens is 282 g/mol. The van der Waals surface area contributed by atoms with Gasteiger partial charge in [-0.05, 0) is 37.1 Å². The lowest BCUT2D eigenvalue weighted by Gasteiger charge is -2.07. The summed E-state index contributed by atoms with van der Waals surface area (Å²) in [5.74, 6) is 0. The molecule has 1 aromatic carbocycles. The maximum absolute atomic E-state index is 5.71. The fourth-order valence-electron chi connectivity index (χ4n) is 1.05. The Labute approximate surface area is 89.6 Å². The van der Waals surface area contributed by atoms with Gasteiger partial charge in [0.1, 0.15) is 0 Å². The van der Waals surface area contributed by atoms with Gasteiger partial charge in [0, 0.05) is 15.0 Å². The zero-order valence-electron chi connectivity index (χ0n) is 6.85. The Morgan fingerprint density at radius 1 is 1.42 bits per heavy atom. The molecule has 66 valence electrons. The van der Waals surface area contributed by atoms with Crippen LogP contribution in [0.2, 0.25) is 0 Å². The molecule has 1 nitrogen and oxygen atoms in total. The van der Waals surface area contributed by atoms with Crippen molar-refractivity contribution in [2.45, 2.75) is 19.4 Å². The van der Waals surface area contributed by atoms with Crippen molar-refractivity contribution in [2.75, 3.05) is 0 Å². The number of hydrogen-bond acceptors (Lipinski definition) is 1. The van der Waals surface area contributed by atoms with Gasteiger partial charge in [0.05, 0.1) is 0 Å². The molecule has 0 unspecified atom stereocenters. The van der Waals surface area contributed by atoms with Crippen LogP contribution in [0.3, 0.4) is 0 Å². The van der Waals surface area contributed by atoms with Crippen molar-refractivity contribution in [3.8, 4) is 0 Å². The minimum Gasteiger partial charge on any atom is -0.328 e. The van der Waals surface area contributed by atoms with E-state index in [9.17, 15) is 0 Å². The summed E-state index contributed by atoms with van der Waals surface area (Å²) in [6.07, 6.45) is 0.903. The Balaban J connectivity index is 2.90. The summed E-state index contributed by atoms with van der Waals surface area (Å²) < 4.78 is 2.23. The van der Waals surface area contributed by atoms with Gasteiger partial charge in [-0.2, -0.15) is 0 Å². The molecule has 0 fully saturated rings. The van der Waals surface area contributed by atoms with E-state index in [2.05, 4.69) is 37.9 Å². The Morgan fingerprint density at radius 2 is 2.08 bits per heavy atom. The highest BCUT2D eigenvalue weighted by molar-refractivity contribution is 9.11. The zero-order valence-corrected chi connectivity index (χ0v) is 10.0. The van der Waals surface area contributed by atoms with Gasteiger partial charge in [-0.1, -0.05) is 31.9 Å². The van der Waals surface area contributed by atoms with E-state index in [0.29, 0.717) is 0 Å². The zero-order chi connectivity index (χ0) is 9.14. The van der Waals surface area contributed by atoms with Crippen molar-refractivity contribution in [1.82, 2.24) is 0 Å². The van der Waals surface area contributed by atoms with E-state index in [1.54, 1.807) is 0 Å². The molecule has 3 heteroatoms. The molecule has 1 atom stereocenters. The molecule has 0 saturated heterocycles. The van der Waals surface area contributed by atoms with E-state index >= 15 is 0 Å². The normalized spacial score (nSPS) is 13.0. The summed E-state index contributed by atoms with van der Waals surface area (Å²) in [5, 5.41) is 0. The van der Waals surface area contributed by atoms with Crippen LogP contribution >= 0.6 is 31.9 Å². The summed E-state index contributed by atoms with van der Waals surface area (Å²) in [6.45, 7) is 2.01. The van der Waals surface area contributed by atoms with Crippen LogP contribution in [0.5, 0.6) is 0 Å². The van der Waals surface area contributed by atoms with Crippen molar-refractivity contribution >= 4 is 31.9 Å². The number of halogens is 2. The molecule has 12 heavy (non-hydrogen) atoms. The predicted octanol–water partition coefficient (Wildman–Crippen LogP) is 3.10. The van der Waals surface area contributed by atoms with Crippen LogP contribution in [0.15, 0.2) is 27.1 Å². The van der Waals surface area contributed by atoms with Crippen LogP contribution in [0, 0.1) is 0 Å². The van der Waals surface area contributed by atoms with Gasteiger partial charge >= 0.3 is 0 Å². The van der Waals surface area contributed by atoms with Crippen molar-refractivity contribution < 1.29 is 0 Å². The quantitative estimate of drug-likeness (QED) is 0.891. The Bertz CT molecular complexity index is 271. The van der Waals surface area contributed by atoms with Gasteiger partial charge in [-0.3, -0.25) is 0 Å². The smallest absolute Gasteiger partial charge is 0.0208 e. The molecule has 0 bridgehead atoms. The topological polar surface area (TPSA) is 26.0 Å². The van der Waals surface area contributed by atoms with E-state index in [1.807, 2.05) is 19.1 Å². The lowest BCUT2D eigenvalue weighted by atomic mass is 10.1. The first-order chi connectivity index (χ1) is 5.59. The highest BCUT2D eigenvalue weighted by Gasteiger charge is 2.02. The lowest BCUT2D eigenvalue weighted by molar-refractivity contribution is 0.736. The fourth-order valence-corrected chi connectivity index (χ4v) is 1.86. The van der Waals surface area contributed by atoms with Gasteiger partial charge in [0.2, 0.25) is 0 Å². The second-order valence-electron chi connectivity index (χ2n) is 2.92. The third kappa shape index (κ3) is 2.88. The molecule has 1 aromatic rings. The number of hydrogen-bond donors (Lipinski definition) is 1. The molecule has 0 aliphatic rings. The summed E-state index contributed by atoms with van der Waals surface area (Å²) in [5.41, 5.74) is 6.96. The van der Waals surface area contributed by atoms with Gasteiger partial charge in [-0.15, -0.1) is 0 Å². The van der Waals surface area contributed by atoms with Crippen LogP contribution in [-0.2, 0) is 6.42 Å². The van der Waals surface area contributed by atoms with Gasteiger partial charge < -0.3 is 5.73 Å². The van der Waals surface area contributed by atoms with Crippen LogP contribution in [0.4, 0.5) is 0 Å². The first-order valence-electron chi connectivity index (χ1n) is 3.79. The maximum atomic E-state index is 5.71. The molecule has 2 N–H and O–H groups in total. The van der Waals surface area contributed by atoms with Crippen LogP contribution in [-0.4, -0.2) is 6.04 Å². The number of rotatable bonds is 2. The largest absolute Gasteiger partial charge is 0.328 e. The van der Waals surface area contributed by atoms with Crippen molar-refractivity contribution in [2.24, 2.45) is 5.73 Å². The van der Waals surface area contributed by atoms with Crippen molar-refractivity contribution in [3.05, 3.63) is 32.7 Å². The average Bonchev–Trinajstić information content (AvgIpc) is 1.96. The van der Waals surface area contributed by atoms with Crippen molar-refractivity contribution in [3.63, 3.8) is 0 Å². The number of nitrogens with two attached hydrogens (primary N) is 1. The molecule has 1 rings (SSSR count). The molecule has 0 spiro atoms. The Morgan fingerprint density at radius 3 is 2.67 bits per heavy atom. The molecule has 0 aliphatic heterocycles. The summed E-state index contributed by atoms with van der Waals surface area (Å²) >= 11 is 6.91. The van der Waals surface area contributed by atoms with Crippen LogP contribution < -0.4 is 5.73 Å². The fraction of sp³-hybridized carbons (Fsp3) is 0.333. The molecule has 0 aliphatic carbocycles. The third-order valence-corrected chi connectivity index (χ3v) is 2.82. The van der Waals surface area contributed by atoms with E-state index < -0.39 is 0 Å². The highest BCUT2D eigenvalue weighted by Crippen LogP contribution is 2.22. The lowest BCUT2D eigenvalue weighted by Crippen LogP contribution is -2.17. The molecule has 0 amide bonds. The monoisotopic (exact) mass is 291 g/mol. The van der Waals surface area contributed by atoms with Crippen LogP contribution in [0.25, 0.3) is 0 Å². The second-order valence-corrected chi connectivity index (χ2v) is 4.69. The summed E-state index contributed by atoms with van der Waals surface area (Å²) in [7, 11) is 0. The van der Waals surface area contributed by atoms with E-state index in [4.69, 9.17) is 5.73 Å². The first kappa shape index (κ1) is 10.2. The van der Waals surface area contributed by atoms with Gasteiger partial charge in [-0.25, -0.2) is 0 Å². The summed E-state index contributed by atoms with van der Waals surface area (Å²) in [6, 6.07) is 6.33. The summed E-state index contributed by atoms with van der Waals surface area (Å²) in [4.78, 5) is 0. The minimum absolute atomic E-state index is 0.204. The second kappa shape index (κ2) is 4.40. The van der Waals surface area contributed by atoms with E-state index in [-0.39, 0.29) is 6.04 Å². The third-order valence-electron chi connectivity index (χ3n) is 1.55. The van der Waals surface area contributed by atoms with E-state index in [1.165, 1.54) is 5.56 Å². The van der Waals surface area contributed by atoms with E-state index in [0.717, 1.165) is 15.4 Å². The SMILES string of the molecule is C[C@H](N)Cc1cc(Br)ccc1Br. The van der Waals surface area contributed by atoms with Gasteiger partial charge in [0.15, 0.2) is 0 Å².